The predicted octanol–water partition coefficient (Wildman–Crippen LogP) is 4.17. The molecule has 0 radical (unpaired) electrons. The summed E-state index contributed by atoms with van der Waals surface area (Å²) in [5, 5.41) is 18.3. The fraction of sp³-hybridized carbons (Fsp3) is 0.158. The molecule has 0 unspecified atom stereocenters. The Hall–Kier alpha value is -3.59. The van der Waals surface area contributed by atoms with E-state index in [1.807, 2.05) is 12.1 Å². The van der Waals surface area contributed by atoms with Gasteiger partial charge in [-0.25, -0.2) is 9.97 Å². The number of aromatic nitrogens is 2. The van der Waals surface area contributed by atoms with Crippen LogP contribution in [0.2, 0.25) is 5.02 Å². The Morgan fingerprint density at radius 3 is 2.52 bits per heavy atom. The van der Waals surface area contributed by atoms with Crippen LogP contribution in [0.15, 0.2) is 48.8 Å². The minimum atomic E-state index is -0.523. The van der Waals surface area contributed by atoms with Gasteiger partial charge in [-0.3, -0.25) is 10.1 Å². The number of fused-ring (bicyclic) bond motifs is 1. The van der Waals surface area contributed by atoms with Crippen LogP contribution in [0.25, 0.3) is 0 Å². The summed E-state index contributed by atoms with van der Waals surface area (Å²) in [6.07, 6.45) is 1.26. The molecule has 3 aromatic rings. The van der Waals surface area contributed by atoms with Gasteiger partial charge in [-0.15, -0.1) is 0 Å². The van der Waals surface area contributed by atoms with Crippen LogP contribution in [0.5, 0.6) is 11.5 Å². The molecule has 29 heavy (non-hydrogen) atoms. The first-order valence-electron chi connectivity index (χ1n) is 8.74. The largest absolute Gasteiger partial charge is 0.486 e. The monoisotopic (exact) mass is 413 g/mol. The van der Waals surface area contributed by atoms with E-state index in [1.165, 1.54) is 6.33 Å². The summed E-state index contributed by atoms with van der Waals surface area (Å²) in [5.74, 6) is 1.38. The van der Waals surface area contributed by atoms with Gasteiger partial charge >= 0.3 is 5.69 Å². The van der Waals surface area contributed by atoms with Crippen LogP contribution in [0.1, 0.15) is 5.56 Å². The smallest absolute Gasteiger partial charge is 0.353 e. The lowest BCUT2D eigenvalue weighted by Crippen LogP contribution is -2.15. The van der Waals surface area contributed by atoms with Crippen LogP contribution in [-0.2, 0) is 6.54 Å². The highest BCUT2D eigenvalue weighted by Crippen LogP contribution is 2.36. The third-order valence-corrected chi connectivity index (χ3v) is 4.43. The number of halogens is 1. The lowest BCUT2D eigenvalue weighted by atomic mass is 10.2. The fourth-order valence-electron chi connectivity index (χ4n) is 2.82. The molecule has 1 aliphatic rings. The predicted molar refractivity (Wildman–Crippen MR) is 108 cm³/mol. The summed E-state index contributed by atoms with van der Waals surface area (Å²) >= 11 is 5.88. The number of hydrogen-bond donors (Lipinski definition) is 2. The number of benzene rings is 2. The van der Waals surface area contributed by atoms with Crippen LogP contribution in [0.4, 0.5) is 23.0 Å². The van der Waals surface area contributed by atoms with Gasteiger partial charge in [0.1, 0.15) is 19.5 Å². The minimum Gasteiger partial charge on any atom is -0.486 e. The van der Waals surface area contributed by atoms with Crippen molar-refractivity contribution < 1.29 is 14.4 Å². The van der Waals surface area contributed by atoms with E-state index < -0.39 is 4.92 Å². The summed E-state index contributed by atoms with van der Waals surface area (Å²) in [6.45, 7) is 1.28. The molecule has 1 aliphatic heterocycles. The summed E-state index contributed by atoms with van der Waals surface area (Å²) < 4.78 is 11.0. The molecule has 0 fully saturated rings. The first-order valence-corrected chi connectivity index (χ1v) is 9.12. The van der Waals surface area contributed by atoms with Crippen LogP contribution in [0, 0.1) is 10.1 Å². The van der Waals surface area contributed by atoms with Gasteiger partial charge in [-0.05, 0) is 29.8 Å². The highest BCUT2D eigenvalue weighted by molar-refractivity contribution is 6.30. The number of nitrogens with zero attached hydrogens (tertiary/aromatic N) is 3. The Morgan fingerprint density at radius 1 is 1.03 bits per heavy atom. The van der Waals surface area contributed by atoms with Crippen molar-refractivity contribution in [3.05, 3.63) is 69.5 Å². The van der Waals surface area contributed by atoms with Crippen molar-refractivity contribution in [3.8, 4) is 11.5 Å². The van der Waals surface area contributed by atoms with Gasteiger partial charge in [-0.2, -0.15) is 0 Å². The van der Waals surface area contributed by atoms with E-state index in [0.717, 1.165) is 5.56 Å². The molecule has 0 saturated carbocycles. The zero-order valence-electron chi connectivity index (χ0n) is 15.1. The van der Waals surface area contributed by atoms with Crippen molar-refractivity contribution in [2.75, 3.05) is 23.8 Å². The number of ether oxygens (including phenoxy) is 2. The maximum atomic E-state index is 11.7. The molecular formula is C19H16ClN5O4. The van der Waals surface area contributed by atoms with Gasteiger partial charge in [0.25, 0.3) is 0 Å². The topological polar surface area (TPSA) is 111 Å². The van der Waals surface area contributed by atoms with Crippen molar-refractivity contribution >= 4 is 34.6 Å². The number of rotatable bonds is 6. The van der Waals surface area contributed by atoms with Crippen molar-refractivity contribution in [1.29, 1.82) is 0 Å². The van der Waals surface area contributed by atoms with E-state index in [2.05, 4.69) is 20.6 Å². The molecule has 0 bridgehead atoms. The average molecular weight is 414 g/mol. The lowest BCUT2D eigenvalue weighted by Gasteiger charge is -2.19. The van der Waals surface area contributed by atoms with Crippen LogP contribution < -0.4 is 20.1 Å². The second-order valence-corrected chi connectivity index (χ2v) is 6.58. The molecular weight excluding hydrogens is 398 g/mol. The summed E-state index contributed by atoms with van der Waals surface area (Å²) in [5.41, 5.74) is 1.24. The molecule has 10 heteroatoms. The van der Waals surface area contributed by atoms with E-state index in [0.29, 0.717) is 42.0 Å². The number of nitro groups is 1. The number of anilines is 3. The Labute approximate surface area is 170 Å². The first-order chi connectivity index (χ1) is 14.1. The normalized spacial score (nSPS) is 12.3. The lowest BCUT2D eigenvalue weighted by molar-refractivity contribution is -0.383. The summed E-state index contributed by atoms with van der Waals surface area (Å²) in [6, 6.07) is 12.3. The standard InChI is InChI=1S/C19H16ClN5O4/c20-13-3-1-12(2-4-13)10-21-18-17(25(26)27)19(23-11-22-18)24-14-5-6-15-16(9-14)29-8-7-28-15/h1-6,9,11H,7-8,10H2,(H2,21,22,23,24). The van der Waals surface area contributed by atoms with Gasteiger partial charge < -0.3 is 20.1 Å². The molecule has 0 amide bonds. The van der Waals surface area contributed by atoms with E-state index in [1.54, 1.807) is 30.3 Å². The Morgan fingerprint density at radius 2 is 1.76 bits per heavy atom. The highest BCUT2D eigenvalue weighted by atomic mass is 35.5. The van der Waals surface area contributed by atoms with Gasteiger partial charge in [0, 0.05) is 23.3 Å². The van der Waals surface area contributed by atoms with E-state index >= 15 is 0 Å². The Bertz CT molecular complexity index is 1050. The molecule has 0 aliphatic carbocycles. The molecule has 2 aromatic carbocycles. The van der Waals surface area contributed by atoms with Crippen molar-refractivity contribution in [3.63, 3.8) is 0 Å². The molecule has 0 atom stereocenters. The average Bonchev–Trinajstić information content (AvgIpc) is 2.73. The van der Waals surface area contributed by atoms with Crippen LogP contribution in [0.3, 0.4) is 0 Å². The highest BCUT2D eigenvalue weighted by Gasteiger charge is 2.23. The SMILES string of the molecule is O=[N+]([O-])c1c(NCc2ccc(Cl)cc2)ncnc1Nc1ccc2c(c1)OCCO2. The second-order valence-electron chi connectivity index (χ2n) is 6.14. The maximum absolute atomic E-state index is 11.7. The van der Waals surface area contributed by atoms with Crippen molar-refractivity contribution in [1.82, 2.24) is 9.97 Å². The van der Waals surface area contributed by atoms with Crippen molar-refractivity contribution in [2.45, 2.75) is 6.54 Å². The number of hydrogen-bond acceptors (Lipinski definition) is 8. The van der Waals surface area contributed by atoms with Gasteiger partial charge in [0.15, 0.2) is 11.5 Å². The molecule has 4 rings (SSSR count). The zero-order valence-corrected chi connectivity index (χ0v) is 15.8. The minimum absolute atomic E-state index is 0.0697. The molecule has 0 saturated heterocycles. The van der Waals surface area contributed by atoms with Crippen LogP contribution >= 0.6 is 11.6 Å². The zero-order chi connectivity index (χ0) is 20.2. The molecule has 2 N–H and O–H groups in total. The molecule has 148 valence electrons. The second kappa shape index (κ2) is 8.19. The third-order valence-electron chi connectivity index (χ3n) is 4.18. The Balaban J connectivity index is 1.58. The van der Waals surface area contributed by atoms with Gasteiger partial charge in [0.05, 0.1) is 4.92 Å². The number of nitrogens with one attached hydrogen (secondary N) is 2. The third kappa shape index (κ3) is 4.30. The quantitative estimate of drug-likeness (QED) is 0.457. The first kappa shape index (κ1) is 18.8. The van der Waals surface area contributed by atoms with Gasteiger partial charge in [0.2, 0.25) is 11.6 Å². The molecule has 9 nitrogen and oxygen atoms in total. The van der Waals surface area contributed by atoms with E-state index in [-0.39, 0.29) is 17.3 Å². The summed E-state index contributed by atoms with van der Waals surface area (Å²) in [7, 11) is 0. The van der Waals surface area contributed by atoms with E-state index in [4.69, 9.17) is 21.1 Å². The Kier molecular flexibility index (Phi) is 5.30. The van der Waals surface area contributed by atoms with Gasteiger partial charge in [-0.1, -0.05) is 23.7 Å². The maximum Gasteiger partial charge on any atom is 0.353 e. The molecule has 1 aromatic heterocycles. The molecule has 2 heterocycles. The summed E-state index contributed by atoms with van der Waals surface area (Å²) in [4.78, 5) is 19.3. The molecule has 0 spiro atoms. The van der Waals surface area contributed by atoms with Crippen molar-refractivity contribution in [2.24, 2.45) is 0 Å². The van der Waals surface area contributed by atoms with Crippen LogP contribution in [-0.4, -0.2) is 28.1 Å². The van der Waals surface area contributed by atoms with E-state index in [9.17, 15) is 10.1 Å². The fourth-order valence-corrected chi connectivity index (χ4v) is 2.94.